The van der Waals surface area contributed by atoms with Crippen molar-refractivity contribution in [3.63, 3.8) is 0 Å². The highest BCUT2D eigenvalue weighted by Crippen LogP contribution is 2.24. The maximum absolute atomic E-state index is 13.2. The largest absolute Gasteiger partial charge is 0.353 e. The van der Waals surface area contributed by atoms with Crippen LogP contribution >= 0.6 is 0 Å². The van der Waals surface area contributed by atoms with Gasteiger partial charge in [0.15, 0.2) is 11.2 Å². The van der Waals surface area contributed by atoms with Crippen LogP contribution in [0, 0.1) is 6.92 Å². The van der Waals surface area contributed by atoms with Crippen LogP contribution in [0.1, 0.15) is 11.1 Å². The number of nitrogens with zero attached hydrogens (tertiary/aromatic N) is 7. The fourth-order valence-electron chi connectivity index (χ4n) is 4.38. The molecule has 1 fully saturated rings. The number of benzene rings is 1. The number of pyridine rings is 1. The number of hydrogen-bond donors (Lipinski definition) is 0. The predicted octanol–water partition coefficient (Wildman–Crippen LogP) is 1.51. The molecule has 9 heteroatoms. The van der Waals surface area contributed by atoms with Crippen molar-refractivity contribution in [2.45, 2.75) is 13.5 Å². The van der Waals surface area contributed by atoms with Crippen molar-refractivity contribution < 1.29 is 0 Å². The van der Waals surface area contributed by atoms with E-state index in [2.05, 4.69) is 46.0 Å². The molecule has 0 aliphatic carbocycles. The number of hydrogen-bond acceptors (Lipinski definition) is 6. The average Bonchev–Trinajstić information content (AvgIpc) is 3.22. The second-order valence-corrected chi connectivity index (χ2v) is 8.52. The molecule has 3 aromatic heterocycles. The van der Waals surface area contributed by atoms with Crippen molar-refractivity contribution in [1.82, 2.24) is 23.7 Å². The molecule has 0 N–H and O–H groups in total. The topological polar surface area (TPSA) is 81.2 Å². The number of imidazole rings is 1. The van der Waals surface area contributed by atoms with Crippen molar-refractivity contribution >= 4 is 22.9 Å². The van der Waals surface area contributed by atoms with E-state index >= 15 is 0 Å². The van der Waals surface area contributed by atoms with Crippen LogP contribution in [0.25, 0.3) is 11.2 Å². The zero-order valence-electron chi connectivity index (χ0n) is 19.1. The lowest BCUT2D eigenvalue weighted by atomic mass is 10.1. The monoisotopic (exact) mass is 445 g/mol. The first-order valence-electron chi connectivity index (χ1n) is 11.1. The zero-order chi connectivity index (χ0) is 23.1. The molecule has 0 spiro atoms. The van der Waals surface area contributed by atoms with E-state index in [0.29, 0.717) is 23.7 Å². The Morgan fingerprint density at radius 1 is 0.879 bits per heavy atom. The van der Waals surface area contributed by atoms with E-state index in [1.807, 2.05) is 22.8 Å². The molecular formula is C24H27N7O2. The predicted molar refractivity (Wildman–Crippen MR) is 129 cm³/mol. The number of rotatable bonds is 4. The third kappa shape index (κ3) is 3.69. The zero-order valence-corrected chi connectivity index (χ0v) is 19.1. The molecule has 1 aromatic carbocycles. The molecule has 0 atom stereocenters. The molecule has 1 aliphatic heterocycles. The molecule has 4 aromatic rings. The SMILES string of the molecule is Cc1ccc(Cn2c(N3CCN(c4ccccn4)CC3)nc3c2c(=O)n(C)c(=O)n3C)cc1. The Morgan fingerprint density at radius 2 is 1.58 bits per heavy atom. The lowest BCUT2D eigenvalue weighted by Gasteiger charge is -2.36. The summed E-state index contributed by atoms with van der Waals surface area (Å²) >= 11 is 0. The minimum absolute atomic E-state index is 0.328. The van der Waals surface area contributed by atoms with Crippen LogP contribution in [-0.4, -0.2) is 49.8 Å². The molecule has 0 bridgehead atoms. The van der Waals surface area contributed by atoms with E-state index < -0.39 is 0 Å². The van der Waals surface area contributed by atoms with E-state index in [4.69, 9.17) is 4.98 Å². The van der Waals surface area contributed by atoms with Crippen LogP contribution in [-0.2, 0) is 20.6 Å². The maximum Gasteiger partial charge on any atom is 0.332 e. The number of aromatic nitrogens is 5. The van der Waals surface area contributed by atoms with Gasteiger partial charge in [-0.15, -0.1) is 0 Å². The molecule has 1 saturated heterocycles. The number of anilines is 2. The Kier molecular flexibility index (Phi) is 5.24. The molecule has 1 aliphatic rings. The minimum atomic E-state index is -0.376. The summed E-state index contributed by atoms with van der Waals surface area (Å²) in [4.78, 5) is 39.4. The van der Waals surface area contributed by atoms with Crippen molar-refractivity contribution in [3.8, 4) is 0 Å². The molecule has 0 saturated carbocycles. The molecule has 170 valence electrons. The standard InChI is InChI=1S/C24H27N7O2/c1-17-7-9-18(10-8-17)16-31-20-21(27(2)24(33)28(3)22(20)32)26-23(31)30-14-12-29(13-15-30)19-6-4-5-11-25-19/h4-11H,12-16H2,1-3H3. The van der Waals surface area contributed by atoms with E-state index in [9.17, 15) is 9.59 Å². The van der Waals surface area contributed by atoms with Gasteiger partial charge in [-0.05, 0) is 24.6 Å². The van der Waals surface area contributed by atoms with Gasteiger partial charge < -0.3 is 9.80 Å². The Labute approximate surface area is 191 Å². The third-order valence-electron chi connectivity index (χ3n) is 6.32. The van der Waals surface area contributed by atoms with Crippen LogP contribution in [0.3, 0.4) is 0 Å². The maximum atomic E-state index is 13.2. The number of piperazine rings is 1. The van der Waals surface area contributed by atoms with Gasteiger partial charge in [0.1, 0.15) is 5.82 Å². The van der Waals surface area contributed by atoms with Crippen LogP contribution in [0.15, 0.2) is 58.3 Å². The second kappa shape index (κ2) is 8.23. The lowest BCUT2D eigenvalue weighted by molar-refractivity contribution is 0.620. The number of aryl methyl sites for hydroxylation is 2. The summed E-state index contributed by atoms with van der Waals surface area (Å²) in [5, 5.41) is 0. The fourth-order valence-corrected chi connectivity index (χ4v) is 4.38. The normalized spacial score (nSPS) is 14.3. The summed E-state index contributed by atoms with van der Waals surface area (Å²) in [6.07, 6.45) is 1.80. The van der Waals surface area contributed by atoms with E-state index in [1.165, 1.54) is 17.2 Å². The first-order chi connectivity index (χ1) is 15.9. The molecule has 4 heterocycles. The summed E-state index contributed by atoms with van der Waals surface area (Å²) in [5.41, 5.74) is 2.41. The summed E-state index contributed by atoms with van der Waals surface area (Å²) < 4.78 is 4.56. The summed E-state index contributed by atoms with van der Waals surface area (Å²) in [6, 6.07) is 14.2. The van der Waals surface area contributed by atoms with E-state index in [1.54, 1.807) is 13.2 Å². The van der Waals surface area contributed by atoms with Gasteiger partial charge in [-0.3, -0.25) is 18.5 Å². The summed E-state index contributed by atoms with van der Waals surface area (Å²) in [5.74, 6) is 1.67. The quantitative estimate of drug-likeness (QED) is 0.474. The Morgan fingerprint density at radius 3 is 2.24 bits per heavy atom. The fraction of sp³-hybridized carbons (Fsp3) is 0.333. The van der Waals surface area contributed by atoms with Gasteiger partial charge in [0.05, 0.1) is 6.54 Å². The van der Waals surface area contributed by atoms with Crippen LogP contribution in [0.4, 0.5) is 11.8 Å². The van der Waals surface area contributed by atoms with Crippen molar-refractivity contribution in [1.29, 1.82) is 0 Å². The second-order valence-electron chi connectivity index (χ2n) is 8.52. The Bertz CT molecular complexity index is 1410. The summed E-state index contributed by atoms with van der Waals surface area (Å²) in [7, 11) is 3.18. The van der Waals surface area contributed by atoms with Crippen LogP contribution in [0.5, 0.6) is 0 Å². The van der Waals surface area contributed by atoms with Crippen molar-refractivity contribution in [2.75, 3.05) is 36.0 Å². The molecular weight excluding hydrogens is 418 g/mol. The molecule has 0 radical (unpaired) electrons. The Hall–Kier alpha value is -3.88. The van der Waals surface area contributed by atoms with Gasteiger partial charge in [0, 0.05) is 46.5 Å². The van der Waals surface area contributed by atoms with Gasteiger partial charge in [-0.2, -0.15) is 4.98 Å². The highest BCUT2D eigenvalue weighted by molar-refractivity contribution is 5.75. The van der Waals surface area contributed by atoms with Crippen LogP contribution < -0.4 is 21.0 Å². The smallest absolute Gasteiger partial charge is 0.332 e. The summed E-state index contributed by atoms with van der Waals surface area (Å²) in [6.45, 7) is 5.61. The van der Waals surface area contributed by atoms with Crippen molar-refractivity contribution in [2.24, 2.45) is 14.1 Å². The van der Waals surface area contributed by atoms with E-state index in [0.717, 1.165) is 42.1 Å². The molecule has 0 amide bonds. The van der Waals surface area contributed by atoms with Gasteiger partial charge in [-0.25, -0.2) is 9.78 Å². The first-order valence-corrected chi connectivity index (χ1v) is 11.1. The third-order valence-corrected chi connectivity index (χ3v) is 6.32. The highest BCUT2D eigenvalue weighted by Gasteiger charge is 2.26. The van der Waals surface area contributed by atoms with Gasteiger partial charge >= 0.3 is 5.69 Å². The number of fused-ring (bicyclic) bond motifs is 1. The van der Waals surface area contributed by atoms with Gasteiger partial charge in [-0.1, -0.05) is 35.9 Å². The first kappa shape index (κ1) is 21.0. The lowest BCUT2D eigenvalue weighted by Crippen LogP contribution is -2.47. The minimum Gasteiger partial charge on any atom is -0.353 e. The molecule has 5 rings (SSSR count). The molecule has 33 heavy (non-hydrogen) atoms. The molecule has 0 unspecified atom stereocenters. The molecule has 9 nitrogen and oxygen atoms in total. The average molecular weight is 446 g/mol. The van der Waals surface area contributed by atoms with E-state index in [-0.39, 0.29) is 11.2 Å². The Balaban J connectivity index is 1.57. The highest BCUT2D eigenvalue weighted by atomic mass is 16.2. The van der Waals surface area contributed by atoms with Gasteiger partial charge in [0.25, 0.3) is 5.56 Å². The van der Waals surface area contributed by atoms with Gasteiger partial charge in [0.2, 0.25) is 5.95 Å². The van der Waals surface area contributed by atoms with Crippen LogP contribution in [0.2, 0.25) is 0 Å². The van der Waals surface area contributed by atoms with Crippen molar-refractivity contribution in [3.05, 3.63) is 80.6 Å².